The fourth-order valence-corrected chi connectivity index (χ4v) is 3.73. The highest BCUT2D eigenvalue weighted by Crippen LogP contribution is 2.21. The van der Waals surface area contributed by atoms with Crippen LogP contribution in [0.15, 0.2) is 48.5 Å². The summed E-state index contributed by atoms with van der Waals surface area (Å²) in [4.78, 5) is 26.6. The SMILES string of the molecule is CNC(=O)C(C)N(Cc1ccccc1Cl)C(=O)CSCc1ccc(OC)cc1. The molecule has 1 atom stereocenters. The van der Waals surface area contributed by atoms with Crippen molar-refractivity contribution in [1.29, 1.82) is 0 Å². The molecule has 28 heavy (non-hydrogen) atoms. The van der Waals surface area contributed by atoms with Gasteiger partial charge in [0.15, 0.2) is 0 Å². The maximum Gasteiger partial charge on any atom is 0.242 e. The topological polar surface area (TPSA) is 58.6 Å². The van der Waals surface area contributed by atoms with Crippen LogP contribution < -0.4 is 10.1 Å². The van der Waals surface area contributed by atoms with Gasteiger partial charge in [0.2, 0.25) is 11.8 Å². The van der Waals surface area contributed by atoms with Gasteiger partial charge in [0, 0.05) is 24.4 Å². The van der Waals surface area contributed by atoms with Crippen molar-refractivity contribution >= 4 is 35.2 Å². The zero-order valence-corrected chi connectivity index (χ0v) is 17.8. The highest BCUT2D eigenvalue weighted by atomic mass is 35.5. The molecular weight excluding hydrogens is 396 g/mol. The normalized spacial score (nSPS) is 11.6. The van der Waals surface area contributed by atoms with E-state index >= 15 is 0 Å². The molecule has 2 aromatic carbocycles. The number of rotatable bonds is 9. The molecule has 1 unspecified atom stereocenters. The van der Waals surface area contributed by atoms with Crippen LogP contribution in [0.3, 0.4) is 0 Å². The largest absolute Gasteiger partial charge is 0.497 e. The van der Waals surface area contributed by atoms with E-state index in [0.29, 0.717) is 10.8 Å². The van der Waals surface area contributed by atoms with Crippen LogP contribution >= 0.6 is 23.4 Å². The molecule has 2 rings (SSSR count). The molecule has 0 aliphatic heterocycles. The van der Waals surface area contributed by atoms with Crippen molar-refractivity contribution in [1.82, 2.24) is 10.2 Å². The average Bonchev–Trinajstić information content (AvgIpc) is 2.72. The van der Waals surface area contributed by atoms with Crippen molar-refractivity contribution < 1.29 is 14.3 Å². The van der Waals surface area contributed by atoms with Crippen molar-refractivity contribution in [3.8, 4) is 5.75 Å². The number of likely N-dealkylation sites (N-methyl/N-ethyl adjacent to an activating group) is 1. The Hall–Kier alpha value is -2.18. The maximum atomic E-state index is 12.9. The summed E-state index contributed by atoms with van der Waals surface area (Å²) < 4.78 is 5.15. The molecule has 5 nitrogen and oxygen atoms in total. The number of ether oxygens (including phenoxy) is 1. The average molecular weight is 421 g/mol. The molecule has 0 fully saturated rings. The number of carbonyl (C=O) groups is 2. The molecule has 150 valence electrons. The Labute approximate surface area is 175 Å². The second-order valence-electron chi connectivity index (χ2n) is 6.24. The monoisotopic (exact) mass is 420 g/mol. The van der Waals surface area contributed by atoms with Gasteiger partial charge in [-0.15, -0.1) is 11.8 Å². The quantitative estimate of drug-likeness (QED) is 0.671. The van der Waals surface area contributed by atoms with Crippen LogP contribution in [0.4, 0.5) is 0 Å². The number of nitrogens with zero attached hydrogens (tertiary/aromatic N) is 1. The van der Waals surface area contributed by atoms with Gasteiger partial charge in [0.25, 0.3) is 0 Å². The predicted molar refractivity (Wildman–Crippen MR) is 115 cm³/mol. The van der Waals surface area contributed by atoms with E-state index in [1.165, 1.54) is 11.8 Å². The van der Waals surface area contributed by atoms with Gasteiger partial charge in [-0.2, -0.15) is 0 Å². The standard InChI is InChI=1S/C21H25ClN2O3S/c1-15(21(26)23-2)24(12-17-6-4-5-7-19(17)22)20(25)14-28-13-16-8-10-18(27-3)11-9-16/h4-11,15H,12-14H2,1-3H3,(H,23,26). The maximum absolute atomic E-state index is 12.9. The molecule has 7 heteroatoms. The first kappa shape index (κ1) is 22.1. The van der Waals surface area contributed by atoms with Gasteiger partial charge in [-0.3, -0.25) is 9.59 Å². The molecule has 0 aliphatic carbocycles. The van der Waals surface area contributed by atoms with Crippen LogP contribution in [0.25, 0.3) is 0 Å². The fourth-order valence-electron chi connectivity index (χ4n) is 2.66. The molecule has 0 aromatic heterocycles. The second-order valence-corrected chi connectivity index (χ2v) is 7.64. The van der Waals surface area contributed by atoms with Crippen molar-refractivity contribution in [2.24, 2.45) is 0 Å². The lowest BCUT2D eigenvalue weighted by Gasteiger charge is -2.28. The van der Waals surface area contributed by atoms with E-state index in [-0.39, 0.29) is 24.1 Å². The third-order valence-corrected chi connectivity index (χ3v) is 5.72. The molecule has 0 radical (unpaired) electrons. The van der Waals surface area contributed by atoms with E-state index in [1.54, 1.807) is 32.0 Å². The lowest BCUT2D eigenvalue weighted by molar-refractivity contribution is -0.138. The molecule has 2 aromatic rings. The first-order valence-electron chi connectivity index (χ1n) is 8.91. The van der Waals surface area contributed by atoms with Gasteiger partial charge in [0.1, 0.15) is 11.8 Å². The Morgan fingerprint density at radius 2 is 1.86 bits per heavy atom. The lowest BCUT2D eigenvalue weighted by Crippen LogP contribution is -2.47. The minimum absolute atomic E-state index is 0.102. The second kappa shape index (κ2) is 11.0. The zero-order chi connectivity index (χ0) is 20.5. The number of hydrogen-bond acceptors (Lipinski definition) is 4. The molecular formula is C21H25ClN2O3S. The van der Waals surface area contributed by atoms with E-state index in [0.717, 1.165) is 16.9 Å². The van der Waals surface area contributed by atoms with Gasteiger partial charge in [0.05, 0.1) is 12.9 Å². The molecule has 0 bridgehead atoms. The molecule has 0 saturated carbocycles. The van der Waals surface area contributed by atoms with E-state index in [1.807, 2.05) is 42.5 Å². The van der Waals surface area contributed by atoms with Crippen LogP contribution in [0.1, 0.15) is 18.1 Å². The van der Waals surface area contributed by atoms with Crippen molar-refractivity contribution in [2.75, 3.05) is 19.9 Å². The fraction of sp³-hybridized carbons (Fsp3) is 0.333. The number of halogens is 1. The zero-order valence-electron chi connectivity index (χ0n) is 16.3. The van der Waals surface area contributed by atoms with Gasteiger partial charge in [-0.25, -0.2) is 0 Å². The van der Waals surface area contributed by atoms with E-state index in [9.17, 15) is 9.59 Å². The number of amides is 2. The number of carbonyl (C=O) groups excluding carboxylic acids is 2. The third-order valence-electron chi connectivity index (χ3n) is 4.37. The van der Waals surface area contributed by atoms with Crippen LogP contribution in [0.5, 0.6) is 5.75 Å². The van der Waals surface area contributed by atoms with Crippen LogP contribution in [-0.4, -0.2) is 42.7 Å². The lowest BCUT2D eigenvalue weighted by atomic mass is 10.1. The number of thioether (sulfide) groups is 1. The summed E-state index contributed by atoms with van der Waals surface area (Å²) in [6.45, 7) is 2.01. The number of benzene rings is 2. The van der Waals surface area contributed by atoms with E-state index in [4.69, 9.17) is 16.3 Å². The van der Waals surface area contributed by atoms with Crippen molar-refractivity contribution in [2.45, 2.75) is 25.3 Å². The Morgan fingerprint density at radius 1 is 1.18 bits per heavy atom. The van der Waals surface area contributed by atoms with Crippen LogP contribution in [-0.2, 0) is 21.9 Å². The van der Waals surface area contributed by atoms with Crippen molar-refractivity contribution in [3.63, 3.8) is 0 Å². The summed E-state index contributed by atoms with van der Waals surface area (Å²) in [5.41, 5.74) is 1.92. The van der Waals surface area contributed by atoms with Crippen LogP contribution in [0, 0.1) is 0 Å². The first-order chi connectivity index (χ1) is 13.5. The Kier molecular flexibility index (Phi) is 8.67. The van der Waals surface area contributed by atoms with Crippen molar-refractivity contribution in [3.05, 3.63) is 64.7 Å². The molecule has 0 spiro atoms. The van der Waals surface area contributed by atoms with Gasteiger partial charge in [-0.05, 0) is 36.2 Å². The van der Waals surface area contributed by atoms with Gasteiger partial charge in [-0.1, -0.05) is 41.9 Å². The first-order valence-corrected chi connectivity index (χ1v) is 10.4. The highest BCUT2D eigenvalue weighted by Gasteiger charge is 2.25. The number of hydrogen-bond donors (Lipinski definition) is 1. The van der Waals surface area contributed by atoms with Crippen LogP contribution in [0.2, 0.25) is 5.02 Å². The molecule has 0 saturated heterocycles. The summed E-state index contributed by atoms with van der Waals surface area (Å²) in [6, 6.07) is 14.5. The summed E-state index contributed by atoms with van der Waals surface area (Å²) in [6.07, 6.45) is 0. The Bertz CT molecular complexity index is 798. The van der Waals surface area contributed by atoms with Gasteiger partial charge < -0.3 is 15.0 Å². The van der Waals surface area contributed by atoms with Gasteiger partial charge >= 0.3 is 0 Å². The molecule has 2 amide bonds. The minimum Gasteiger partial charge on any atom is -0.497 e. The number of nitrogens with one attached hydrogen (secondary N) is 1. The molecule has 1 N–H and O–H groups in total. The molecule has 0 aliphatic rings. The summed E-state index contributed by atoms with van der Waals surface area (Å²) in [7, 11) is 3.19. The minimum atomic E-state index is -0.588. The summed E-state index contributed by atoms with van der Waals surface area (Å²) >= 11 is 7.76. The predicted octanol–water partition coefficient (Wildman–Crippen LogP) is 3.75. The summed E-state index contributed by atoms with van der Waals surface area (Å²) in [5, 5.41) is 3.19. The number of methoxy groups -OCH3 is 1. The highest BCUT2D eigenvalue weighted by molar-refractivity contribution is 7.99. The van der Waals surface area contributed by atoms with E-state index < -0.39 is 6.04 Å². The summed E-state index contributed by atoms with van der Waals surface area (Å²) in [5.74, 6) is 1.47. The third kappa shape index (κ3) is 6.17. The Morgan fingerprint density at radius 3 is 2.46 bits per heavy atom. The Balaban J connectivity index is 2.03. The molecule has 0 heterocycles. The van der Waals surface area contributed by atoms with E-state index in [2.05, 4.69) is 5.32 Å². The smallest absolute Gasteiger partial charge is 0.242 e.